The van der Waals surface area contributed by atoms with Gasteiger partial charge in [-0.3, -0.25) is 14.9 Å². The van der Waals surface area contributed by atoms with Crippen LogP contribution in [0.3, 0.4) is 0 Å². The Balaban J connectivity index is 2.02. The highest BCUT2D eigenvalue weighted by Gasteiger charge is 2.32. The molecular weight excluding hydrogens is 384 g/mol. The maximum Gasteiger partial charge on any atom is 0.319 e. The molecule has 28 heavy (non-hydrogen) atoms. The third-order valence-corrected chi connectivity index (χ3v) is 4.73. The number of para-hydroxylation sites is 1. The third kappa shape index (κ3) is 3.81. The number of anilines is 1. The summed E-state index contributed by atoms with van der Waals surface area (Å²) in [5.74, 6) is -0.429. The lowest BCUT2D eigenvalue weighted by atomic mass is 9.94. The number of urea groups is 1. The van der Waals surface area contributed by atoms with Gasteiger partial charge in [-0.2, -0.15) is 0 Å². The van der Waals surface area contributed by atoms with Crippen molar-refractivity contribution in [2.24, 2.45) is 0 Å². The lowest BCUT2D eigenvalue weighted by molar-refractivity contribution is -0.384. The molecule has 9 heteroatoms. The molecule has 0 aromatic heterocycles. The fourth-order valence-electron chi connectivity index (χ4n) is 3.00. The van der Waals surface area contributed by atoms with Crippen LogP contribution in [0.2, 0.25) is 5.02 Å². The van der Waals surface area contributed by atoms with Gasteiger partial charge in [0.2, 0.25) is 0 Å². The molecule has 2 aromatic rings. The number of hydrogen-bond donors (Lipinski definition) is 3. The van der Waals surface area contributed by atoms with Crippen LogP contribution in [0.1, 0.15) is 24.1 Å². The maximum atomic E-state index is 13.0. The minimum absolute atomic E-state index is 0.0272. The SMILES string of the molecule is CC1=C(C(=O)Nc2ccccc2C)C(c2ccc(Cl)c([N+](=O)[O-])c2)NC(=O)N1. The Labute approximate surface area is 165 Å². The van der Waals surface area contributed by atoms with Crippen molar-refractivity contribution in [2.45, 2.75) is 19.9 Å². The number of carbonyl (C=O) groups is 2. The van der Waals surface area contributed by atoms with Gasteiger partial charge in [0, 0.05) is 17.5 Å². The van der Waals surface area contributed by atoms with Crippen molar-refractivity contribution in [3.05, 3.63) is 80.0 Å². The van der Waals surface area contributed by atoms with Crippen LogP contribution in [0.25, 0.3) is 0 Å². The van der Waals surface area contributed by atoms with E-state index in [-0.39, 0.29) is 16.3 Å². The fraction of sp³-hybridized carbons (Fsp3) is 0.158. The number of hydrogen-bond acceptors (Lipinski definition) is 4. The number of benzene rings is 2. The van der Waals surface area contributed by atoms with E-state index < -0.39 is 22.9 Å². The summed E-state index contributed by atoms with van der Waals surface area (Å²) in [6, 6.07) is 10.1. The molecule has 144 valence electrons. The first kappa shape index (κ1) is 19.4. The van der Waals surface area contributed by atoms with Crippen LogP contribution < -0.4 is 16.0 Å². The zero-order chi connectivity index (χ0) is 20.4. The highest BCUT2D eigenvalue weighted by molar-refractivity contribution is 6.32. The summed E-state index contributed by atoms with van der Waals surface area (Å²) < 4.78 is 0. The molecule has 0 fully saturated rings. The van der Waals surface area contributed by atoms with Gasteiger partial charge in [-0.15, -0.1) is 0 Å². The lowest BCUT2D eigenvalue weighted by Crippen LogP contribution is -2.46. The van der Waals surface area contributed by atoms with Gasteiger partial charge in [-0.25, -0.2) is 4.79 Å². The van der Waals surface area contributed by atoms with Gasteiger partial charge in [0.1, 0.15) is 5.02 Å². The van der Waals surface area contributed by atoms with Gasteiger partial charge in [0.05, 0.1) is 16.5 Å². The van der Waals surface area contributed by atoms with E-state index in [0.717, 1.165) is 5.56 Å². The van der Waals surface area contributed by atoms with Crippen LogP contribution >= 0.6 is 11.6 Å². The van der Waals surface area contributed by atoms with E-state index >= 15 is 0 Å². The van der Waals surface area contributed by atoms with Gasteiger partial charge in [-0.1, -0.05) is 35.9 Å². The Morgan fingerprint density at radius 3 is 2.61 bits per heavy atom. The number of carbonyl (C=O) groups excluding carboxylic acids is 2. The van der Waals surface area contributed by atoms with Crippen molar-refractivity contribution < 1.29 is 14.5 Å². The summed E-state index contributed by atoms with van der Waals surface area (Å²) in [4.78, 5) is 35.6. The lowest BCUT2D eigenvalue weighted by Gasteiger charge is -2.28. The molecular formula is C19H17ClN4O4. The van der Waals surface area contributed by atoms with Crippen LogP contribution in [0.4, 0.5) is 16.2 Å². The number of nitro benzene ring substituents is 1. The Bertz CT molecular complexity index is 1020. The molecule has 1 atom stereocenters. The van der Waals surface area contributed by atoms with Crippen molar-refractivity contribution >= 4 is 34.9 Å². The summed E-state index contributed by atoms with van der Waals surface area (Å²) in [6.07, 6.45) is 0. The van der Waals surface area contributed by atoms with Crippen LogP contribution in [-0.4, -0.2) is 16.9 Å². The molecule has 0 radical (unpaired) electrons. The van der Waals surface area contributed by atoms with Crippen molar-refractivity contribution in [1.82, 2.24) is 10.6 Å². The first-order chi connectivity index (χ1) is 13.3. The van der Waals surface area contributed by atoms with Crippen molar-refractivity contribution in [2.75, 3.05) is 5.32 Å². The number of aryl methyl sites for hydroxylation is 1. The average Bonchev–Trinajstić information content (AvgIpc) is 2.63. The molecule has 1 aliphatic heterocycles. The van der Waals surface area contributed by atoms with E-state index in [0.29, 0.717) is 16.9 Å². The van der Waals surface area contributed by atoms with Crippen LogP contribution in [-0.2, 0) is 4.79 Å². The molecule has 0 spiro atoms. The monoisotopic (exact) mass is 400 g/mol. The summed E-state index contributed by atoms with van der Waals surface area (Å²) in [7, 11) is 0. The number of allylic oxidation sites excluding steroid dienone is 1. The van der Waals surface area contributed by atoms with Crippen LogP contribution in [0.15, 0.2) is 53.7 Å². The third-order valence-electron chi connectivity index (χ3n) is 4.41. The fourth-order valence-corrected chi connectivity index (χ4v) is 3.18. The molecule has 0 aliphatic carbocycles. The topological polar surface area (TPSA) is 113 Å². The van der Waals surface area contributed by atoms with E-state index in [4.69, 9.17) is 11.6 Å². The van der Waals surface area contributed by atoms with Gasteiger partial charge in [-0.05, 0) is 37.1 Å². The zero-order valence-corrected chi connectivity index (χ0v) is 15.8. The Hall–Kier alpha value is -3.39. The van der Waals surface area contributed by atoms with Gasteiger partial charge >= 0.3 is 6.03 Å². The quantitative estimate of drug-likeness (QED) is 0.534. The van der Waals surface area contributed by atoms with E-state index in [1.807, 2.05) is 19.1 Å². The second-order valence-corrected chi connectivity index (χ2v) is 6.71. The average molecular weight is 401 g/mol. The molecule has 0 saturated carbocycles. The largest absolute Gasteiger partial charge is 0.327 e. The smallest absolute Gasteiger partial charge is 0.319 e. The van der Waals surface area contributed by atoms with Crippen molar-refractivity contribution in [3.8, 4) is 0 Å². The van der Waals surface area contributed by atoms with E-state index in [1.54, 1.807) is 25.1 Å². The molecule has 3 amide bonds. The Kier molecular flexibility index (Phi) is 5.32. The first-order valence-electron chi connectivity index (χ1n) is 8.37. The molecule has 0 saturated heterocycles. The molecule has 3 N–H and O–H groups in total. The standard InChI is InChI=1S/C19H17ClN4O4/c1-10-5-3-4-6-14(10)22-18(25)16-11(2)21-19(26)23-17(16)12-7-8-13(20)15(9-12)24(27)28/h3-9,17H,1-2H3,(H,22,25)(H2,21,23,26). The van der Waals surface area contributed by atoms with Crippen molar-refractivity contribution in [3.63, 3.8) is 0 Å². The zero-order valence-electron chi connectivity index (χ0n) is 15.1. The van der Waals surface area contributed by atoms with Crippen molar-refractivity contribution in [1.29, 1.82) is 0 Å². The number of nitrogens with one attached hydrogen (secondary N) is 3. The van der Waals surface area contributed by atoms with Crippen LogP contribution in [0, 0.1) is 17.0 Å². The molecule has 0 bridgehead atoms. The van der Waals surface area contributed by atoms with Gasteiger partial charge in [0.15, 0.2) is 0 Å². The highest BCUT2D eigenvalue weighted by atomic mass is 35.5. The molecule has 3 rings (SSSR count). The number of amides is 3. The Morgan fingerprint density at radius 2 is 1.93 bits per heavy atom. The van der Waals surface area contributed by atoms with E-state index in [9.17, 15) is 19.7 Å². The molecule has 1 heterocycles. The van der Waals surface area contributed by atoms with E-state index in [2.05, 4.69) is 16.0 Å². The normalized spacial score (nSPS) is 16.2. The van der Waals surface area contributed by atoms with Gasteiger partial charge in [0.25, 0.3) is 11.6 Å². The first-order valence-corrected chi connectivity index (χ1v) is 8.75. The maximum absolute atomic E-state index is 13.0. The second kappa shape index (κ2) is 7.69. The number of rotatable bonds is 4. The molecule has 1 aliphatic rings. The van der Waals surface area contributed by atoms with E-state index in [1.165, 1.54) is 12.1 Å². The van der Waals surface area contributed by atoms with Gasteiger partial charge < -0.3 is 16.0 Å². The summed E-state index contributed by atoms with van der Waals surface area (Å²) >= 11 is 5.88. The molecule has 8 nitrogen and oxygen atoms in total. The minimum atomic E-state index is -0.867. The second-order valence-electron chi connectivity index (χ2n) is 6.31. The highest BCUT2D eigenvalue weighted by Crippen LogP contribution is 2.33. The predicted octanol–water partition coefficient (Wildman–Crippen LogP) is 3.82. The minimum Gasteiger partial charge on any atom is -0.327 e. The molecule has 1 unspecified atom stereocenters. The van der Waals surface area contributed by atoms with Crippen LogP contribution in [0.5, 0.6) is 0 Å². The summed E-state index contributed by atoms with van der Waals surface area (Å²) in [5, 5.41) is 19.2. The number of halogens is 1. The summed E-state index contributed by atoms with van der Waals surface area (Å²) in [5.41, 5.74) is 2.19. The summed E-state index contributed by atoms with van der Waals surface area (Å²) in [6.45, 7) is 3.46. The number of nitrogens with zero attached hydrogens (tertiary/aromatic N) is 1. The predicted molar refractivity (Wildman–Crippen MR) is 105 cm³/mol. The molecule has 2 aromatic carbocycles. The number of nitro groups is 1. The Morgan fingerprint density at radius 1 is 1.21 bits per heavy atom.